The molecule has 1 aromatic heterocycles. The molecule has 0 amide bonds. The van der Waals surface area contributed by atoms with Crippen LogP contribution in [0.3, 0.4) is 0 Å². The zero-order valence-corrected chi connectivity index (χ0v) is 16.1. The molecule has 3 rings (SSSR count). The molecule has 144 valence electrons. The third-order valence-corrected chi connectivity index (χ3v) is 6.90. The highest BCUT2D eigenvalue weighted by atomic mass is 32.2. The molecular weight excluding hydrogens is 392 g/mol. The maximum atomic E-state index is 13.0. The average molecular weight is 410 g/mol. The summed E-state index contributed by atoms with van der Waals surface area (Å²) in [5.74, 6) is 0. The van der Waals surface area contributed by atoms with Crippen LogP contribution in [-0.2, 0) is 14.8 Å². The first-order valence-corrected chi connectivity index (χ1v) is 10.4. The zero-order chi connectivity index (χ0) is 19.4. The van der Waals surface area contributed by atoms with Crippen molar-refractivity contribution in [1.29, 1.82) is 0 Å². The van der Waals surface area contributed by atoms with E-state index in [-0.39, 0.29) is 42.6 Å². The van der Waals surface area contributed by atoms with Crippen LogP contribution in [0.1, 0.15) is 11.8 Å². The number of nitro benzene ring substituents is 1. The molecule has 27 heavy (non-hydrogen) atoms. The molecule has 0 bridgehead atoms. The second-order valence-corrected chi connectivity index (χ2v) is 8.59. The Hall–Kier alpha value is -2.34. The number of rotatable bonds is 6. The number of sulfonamides is 1. The normalized spacial score (nSPS) is 16.3. The van der Waals surface area contributed by atoms with Crippen molar-refractivity contribution in [2.45, 2.75) is 11.8 Å². The summed E-state index contributed by atoms with van der Waals surface area (Å²) in [7, 11) is -3.93. The van der Waals surface area contributed by atoms with Gasteiger partial charge in [0, 0.05) is 30.1 Å². The number of ether oxygens (including phenoxy) is 1. The highest BCUT2D eigenvalue weighted by molar-refractivity contribution is 7.89. The van der Waals surface area contributed by atoms with Gasteiger partial charge in [0.15, 0.2) is 0 Å². The van der Waals surface area contributed by atoms with Crippen molar-refractivity contribution in [3.63, 3.8) is 0 Å². The van der Waals surface area contributed by atoms with Crippen LogP contribution in [0.15, 0.2) is 45.7 Å². The number of nitrogens with one attached hydrogen (secondary N) is 1. The summed E-state index contributed by atoms with van der Waals surface area (Å²) < 4.78 is 32.5. The van der Waals surface area contributed by atoms with Crippen LogP contribution in [0.2, 0.25) is 0 Å². The second kappa shape index (κ2) is 8.13. The number of hydrazone groups is 1. The van der Waals surface area contributed by atoms with Gasteiger partial charge < -0.3 is 4.74 Å². The van der Waals surface area contributed by atoms with Crippen LogP contribution in [0.5, 0.6) is 0 Å². The van der Waals surface area contributed by atoms with Gasteiger partial charge in [-0.2, -0.15) is 9.41 Å². The predicted octanol–water partition coefficient (Wildman–Crippen LogP) is 2.51. The molecule has 1 fully saturated rings. The largest absolute Gasteiger partial charge is 0.379 e. The van der Waals surface area contributed by atoms with Crippen LogP contribution in [0, 0.1) is 10.1 Å². The van der Waals surface area contributed by atoms with Crippen LogP contribution in [-0.4, -0.2) is 49.7 Å². The fraction of sp³-hybridized carbons (Fsp3) is 0.312. The Labute approximate surface area is 160 Å². The monoisotopic (exact) mass is 410 g/mol. The Bertz CT molecular complexity index is 951. The van der Waals surface area contributed by atoms with Crippen molar-refractivity contribution in [3.8, 4) is 0 Å². The molecule has 0 aliphatic carbocycles. The number of nitrogens with zero attached hydrogens (tertiary/aromatic N) is 3. The fourth-order valence-electron chi connectivity index (χ4n) is 2.54. The molecule has 1 aromatic carbocycles. The van der Waals surface area contributed by atoms with Crippen molar-refractivity contribution in [2.24, 2.45) is 5.10 Å². The summed E-state index contributed by atoms with van der Waals surface area (Å²) in [6, 6.07) is 7.45. The van der Waals surface area contributed by atoms with Gasteiger partial charge >= 0.3 is 0 Å². The van der Waals surface area contributed by atoms with Crippen LogP contribution in [0.25, 0.3) is 0 Å². The third kappa shape index (κ3) is 4.33. The fourth-order valence-corrected chi connectivity index (χ4v) is 4.79. The molecule has 0 radical (unpaired) electrons. The highest BCUT2D eigenvalue weighted by Gasteiger charge is 2.30. The quantitative estimate of drug-likeness (QED) is 0.445. The van der Waals surface area contributed by atoms with Crippen molar-refractivity contribution in [2.75, 3.05) is 31.7 Å². The number of hydrogen-bond acceptors (Lipinski definition) is 8. The van der Waals surface area contributed by atoms with E-state index in [1.165, 1.54) is 27.8 Å². The second-order valence-electron chi connectivity index (χ2n) is 5.74. The number of non-ortho nitro benzene ring substituents is 1. The highest BCUT2D eigenvalue weighted by Crippen LogP contribution is 2.29. The molecule has 0 unspecified atom stereocenters. The van der Waals surface area contributed by atoms with Crippen molar-refractivity contribution in [3.05, 3.63) is 50.7 Å². The number of benzene rings is 1. The first-order chi connectivity index (χ1) is 12.9. The van der Waals surface area contributed by atoms with Gasteiger partial charge in [-0.1, -0.05) is 6.07 Å². The minimum Gasteiger partial charge on any atom is -0.379 e. The summed E-state index contributed by atoms with van der Waals surface area (Å²) in [5.41, 5.74) is 3.31. The summed E-state index contributed by atoms with van der Waals surface area (Å²) in [4.78, 5) is 11.3. The lowest BCUT2D eigenvalue weighted by atomic mass is 10.3. The molecule has 11 heteroatoms. The zero-order valence-electron chi connectivity index (χ0n) is 14.5. The minimum atomic E-state index is -3.93. The van der Waals surface area contributed by atoms with E-state index < -0.39 is 14.9 Å². The Morgan fingerprint density at radius 2 is 2.07 bits per heavy atom. The Morgan fingerprint density at radius 1 is 1.33 bits per heavy atom. The molecule has 9 nitrogen and oxygen atoms in total. The van der Waals surface area contributed by atoms with E-state index in [4.69, 9.17) is 4.74 Å². The number of nitro groups is 1. The first-order valence-electron chi connectivity index (χ1n) is 8.10. The van der Waals surface area contributed by atoms with Crippen molar-refractivity contribution < 1.29 is 18.1 Å². The van der Waals surface area contributed by atoms with E-state index >= 15 is 0 Å². The van der Waals surface area contributed by atoms with Gasteiger partial charge in [-0.15, -0.1) is 11.3 Å². The summed E-state index contributed by atoms with van der Waals surface area (Å²) in [6.07, 6.45) is 0. The summed E-state index contributed by atoms with van der Waals surface area (Å²) in [6.45, 7) is 2.75. The first kappa shape index (κ1) is 19.4. The van der Waals surface area contributed by atoms with Gasteiger partial charge in [-0.3, -0.25) is 15.5 Å². The number of hydrogen-bond donors (Lipinski definition) is 1. The van der Waals surface area contributed by atoms with Gasteiger partial charge in [-0.05, 0) is 24.4 Å². The minimum absolute atomic E-state index is 0.179. The van der Waals surface area contributed by atoms with Crippen LogP contribution >= 0.6 is 11.3 Å². The third-order valence-electron chi connectivity index (χ3n) is 3.99. The average Bonchev–Trinajstić information content (AvgIpc) is 3.21. The maximum Gasteiger partial charge on any atom is 0.270 e. The predicted molar refractivity (Wildman–Crippen MR) is 103 cm³/mol. The molecule has 1 aliphatic heterocycles. The Balaban J connectivity index is 1.98. The molecule has 0 atom stereocenters. The molecule has 1 aliphatic rings. The Kier molecular flexibility index (Phi) is 5.85. The number of morpholine rings is 1. The van der Waals surface area contributed by atoms with Crippen molar-refractivity contribution in [1.82, 2.24) is 4.31 Å². The smallest absolute Gasteiger partial charge is 0.270 e. The lowest BCUT2D eigenvalue weighted by molar-refractivity contribution is -0.385. The molecule has 2 aromatic rings. The topological polar surface area (TPSA) is 114 Å². The van der Waals surface area contributed by atoms with Crippen LogP contribution < -0.4 is 5.43 Å². The Morgan fingerprint density at radius 3 is 2.70 bits per heavy atom. The number of anilines is 1. The molecule has 2 heterocycles. The lowest BCUT2D eigenvalue weighted by Gasteiger charge is -2.26. The van der Waals surface area contributed by atoms with Gasteiger partial charge in [0.05, 0.1) is 29.5 Å². The van der Waals surface area contributed by atoms with E-state index in [0.717, 1.165) is 10.9 Å². The van der Waals surface area contributed by atoms with Gasteiger partial charge in [0.25, 0.3) is 5.69 Å². The van der Waals surface area contributed by atoms with Gasteiger partial charge in [0.1, 0.15) is 4.90 Å². The number of thiophene rings is 1. The van der Waals surface area contributed by atoms with E-state index in [0.29, 0.717) is 5.71 Å². The SMILES string of the molecule is C/C(=N\Nc1ccc([N+](=O)[O-])cc1S(=O)(=O)N1CCOCC1)c1cccs1. The van der Waals surface area contributed by atoms with E-state index in [9.17, 15) is 18.5 Å². The molecule has 1 N–H and O–H groups in total. The molecule has 1 saturated heterocycles. The van der Waals surface area contributed by atoms with Crippen molar-refractivity contribution >= 4 is 38.4 Å². The van der Waals surface area contributed by atoms with Gasteiger partial charge in [-0.25, -0.2) is 8.42 Å². The van der Waals surface area contributed by atoms with E-state index in [1.807, 2.05) is 17.5 Å². The summed E-state index contributed by atoms with van der Waals surface area (Å²) in [5, 5.41) is 17.3. The molecule has 0 spiro atoms. The van der Waals surface area contributed by atoms with Gasteiger partial charge in [0.2, 0.25) is 10.0 Å². The standard InChI is InChI=1S/C16H18N4O5S2/c1-12(15-3-2-10-26-15)17-18-14-5-4-13(20(21)22)11-16(14)27(23,24)19-6-8-25-9-7-19/h2-5,10-11,18H,6-9H2,1H3/b17-12+. The van der Waals surface area contributed by atoms with Crippen LogP contribution in [0.4, 0.5) is 11.4 Å². The molecule has 0 saturated carbocycles. The summed E-state index contributed by atoms with van der Waals surface area (Å²) >= 11 is 1.50. The lowest BCUT2D eigenvalue weighted by Crippen LogP contribution is -2.40. The molecular formula is C16H18N4O5S2. The van der Waals surface area contributed by atoms with E-state index in [1.54, 1.807) is 6.92 Å². The maximum absolute atomic E-state index is 13.0. The van der Waals surface area contributed by atoms with E-state index in [2.05, 4.69) is 10.5 Å².